The second-order valence-corrected chi connectivity index (χ2v) is 5.50. The lowest BCUT2D eigenvalue weighted by Gasteiger charge is -2.31. The van der Waals surface area contributed by atoms with Gasteiger partial charge >= 0.3 is 0 Å². The van der Waals surface area contributed by atoms with Gasteiger partial charge in [0, 0.05) is 34.3 Å². The number of methoxy groups -OCH3 is 1. The molecule has 0 saturated carbocycles. The molecular formula is C13H25N3O3. The Kier molecular flexibility index (Phi) is 5.75. The Labute approximate surface area is 115 Å². The summed E-state index contributed by atoms with van der Waals surface area (Å²) in [5.74, 6) is -0.0382. The Hall–Kier alpha value is -1.14. The monoisotopic (exact) mass is 271 g/mol. The number of nitrogens with one attached hydrogen (secondary N) is 1. The van der Waals surface area contributed by atoms with Crippen LogP contribution in [0.4, 0.5) is 0 Å². The first-order valence-corrected chi connectivity index (χ1v) is 6.60. The van der Waals surface area contributed by atoms with Crippen LogP contribution in [0.2, 0.25) is 0 Å². The fourth-order valence-corrected chi connectivity index (χ4v) is 2.14. The van der Waals surface area contributed by atoms with Gasteiger partial charge in [0.25, 0.3) is 0 Å². The summed E-state index contributed by atoms with van der Waals surface area (Å²) in [7, 11) is 4.98. The molecule has 1 saturated heterocycles. The largest absolute Gasteiger partial charge is 0.383 e. The molecule has 1 N–H and O–H groups in total. The zero-order chi connectivity index (χ0) is 14.5. The third kappa shape index (κ3) is 4.18. The molecule has 19 heavy (non-hydrogen) atoms. The van der Waals surface area contributed by atoms with Crippen LogP contribution < -0.4 is 5.32 Å². The molecule has 2 amide bonds. The summed E-state index contributed by atoms with van der Waals surface area (Å²) >= 11 is 0. The Morgan fingerprint density at radius 1 is 1.37 bits per heavy atom. The third-order valence-electron chi connectivity index (χ3n) is 3.56. The Morgan fingerprint density at radius 2 is 2.05 bits per heavy atom. The molecule has 0 radical (unpaired) electrons. The van der Waals surface area contributed by atoms with Crippen LogP contribution in [0.5, 0.6) is 0 Å². The Balaban J connectivity index is 2.72. The molecule has 0 bridgehead atoms. The molecule has 0 aliphatic carbocycles. The highest BCUT2D eigenvalue weighted by Crippen LogP contribution is 2.27. The van der Waals surface area contributed by atoms with Crippen LogP contribution in [0.25, 0.3) is 0 Å². The molecule has 1 atom stereocenters. The van der Waals surface area contributed by atoms with Gasteiger partial charge in [-0.2, -0.15) is 0 Å². The first kappa shape index (κ1) is 15.9. The highest BCUT2D eigenvalue weighted by atomic mass is 16.5. The van der Waals surface area contributed by atoms with Crippen LogP contribution >= 0.6 is 0 Å². The van der Waals surface area contributed by atoms with E-state index in [4.69, 9.17) is 4.74 Å². The summed E-state index contributed by atoms with van der Waals surface area (Å²) in [6.07, 6.45) is 0.811. The smallest absolute Gasteiger partial charge is 0.241 e. The van der Waals surface area contributed by atoms with E-state index in [0.717, 1.165) is 13.0 Å². The van der Waals surface area contributed by atoms with Crippen molar-refractivity contribution < 1.29 is 14.3 Å². The zero-order valence-corrected chi connectivity index (χ0v) is 12.4. The first-order chi connectivity index (χ1) is 8.90. The minimum absolute atomic E-state index is 0.0322. The summed E-state index contributed by atoms with van der Waals surface area (Å²) in [4.78, 5) is 27.5. The fourth-order valence-electron chi connectivity index (χ4n) is 2.14. The van der Waals surface area contributed by atoms with Crippen LogP contribution in [0.15, 0.2) is 0 Å². The van der Waals surface area contributed by atoms with E-state index < -0.39 is 5.41 Å². The lowest BCUT2D eigenvalue weighted by molar-refractivity contribution is -0.145. The molecule has 1 unspecified atom stereocenters. The van der Waals surface area contributed by atoms with Crippen molar-refractivity contribution in [2.75, 3.05) is 54.0 Å². The number of likely N-dealkylation sites (N-methyl/N-ethyl adjacent to an activating group) is 1. The molecule has 1 aliphatic heterocycles. The number of carbonyl (C=O) groups is 2. The molecule has 0 spiro atoms. The van der Waals surface area contributed by atoms with Crippen LogP contribution in [0.1, 0.15) is 13.3 Å². The van der Waals surface area contributed by atoms with Gasteiger partial charge in [0.2, 0.25) is 11.8 Å². The van der Waals surface area contributed by atoms with Crippen LogP contribution in [-0.2, 0) is 14.3 Å². The van der Waals surface area contributed by atoms with Crippen LogP contribution in [0.3, 0.4) is 0 Å². The second-order valence-electron chi connectivity index (χ2n) is 5.50. The van der Waals surface area contributed by atoms with Gasteiger partial charge < -0.3 is 19.9 Å². The minimum atomic E-state index is -0.402. The predicted molar refractivity (Wildman–Crippen MR) is 72.7 cm³/mol. The second kappa shape index (κ2) is 6.86. The molecule has 1 fully saturated rings. The molecule has 6 heteroatoms. The van der Waals surface area contributed by atoms with Gasteiger partial charge in [-0.05, 0) is 19.9 Å². The van der Waals surface area contributed by atoms with Gasteiger partial charge in [-0.15, -0.1) is 0 Å². The highest BCUT2D eigenvalue weighted by Gasteiger charge is 2.39. The number of rotatable bonds is 6. The lowest BCUT2D eigenvalue weighted by atomic mass is 9.88. The summed E-state index contributed by atoms with van der Waals surface area (Å²) in [5.41, 5.74) is -0.402. The van der Waals surface area contributed by atoms with E-state index in [1.54, 1.807) is 26.1 Å². The average molecular weight is 271 g/mol. The van der Waals surface area contributed by atoms with Crippen molar-refractivity contribution in [1.29, 1.82) is 0 Å². The molecule has 0 aromatic rings. The fraction of sp³-hybridized carbons (Fsp3) is 0.846. The standard InChI is InChI=1S/C13H25N3O3/c1-13(5-6-14-10-13)12(18)16(7-8-19-4)9-11(17)15(2)3/h14H,5-10H2,1-4H3. The molecule has 0 aromatic heterocycles. The Bertz CT molecular complexity index is 325. The quantitative estimate of drug-likeness (QED) is 0.711. The van der Waals surface area contributed by atoms with Crippen molar-refractivity contribution >= 4 is 11.8 Å². The van der Waals surface area contributed by atoms with Crippen molar-refractivity contribution in [2.24, 2.45) is 5.41 Å². The SMILES string of the molecule is COCCN(CC(=O)N(C)C)C(=O)C1(C)CCNC1. The summed E-state index contributed by atoms with van der Waals surface area (Å²) in [5, 5.41) is 3.21. The summed E-state index contributed by atoms with van der Waals surface area (Å²) < 4.78 is 5.03. The lowest BCUT2D eigenvalue weighted by Crippen LogP contribution is -2.48. The maximum atomic E-state index is 12.6. The van der Waals surface area contributed by atoms with Crippen LogP contribution in [0, 0.1) is 5.41 Å². The predicted octanol–water partition coefficient (Wildman–Crippen LogP) is -0.451. The number of hydrogen-bond donors (Lipinski definition) is 1. The topological polar surface area (TPSA) is 61.9 Å². The van der Waals surface area contributed by atoms with E-state index in [1.807, 2.05) is 6.92 Å². The van der Waals surface area contributed by atoms with Gasteiger partial charge in [-0.3, -0.25) is 9.59 Å². The summed E-state index contributed by atoms with van der Waals surface area (Å²) in [6.45, 7) is 4.48. The van der Waals surface area contributed by atoms with Gasteiger partial charge in [0.15, 0.2) is 0 Å². The number of ether oxygens (including phenoxy) is 1. The molecule has 1 heterocycles. The van der Waals surface area contributed by atoms with E-state index in [1.165, 1.54) is 4.90 Å². The van der Waals surface area contributed by atoms with Gasteiger partial charge in [-0.25, -0.2) is 0 Å². The molecule has 1 rings (SSSR count). The zero-order valence-electron chi connectivity index (χ0n) is 12.4. The van der Waals surface area contributed by atoms with Crippen molar-refractivity contribution in [3.05, 3.63) is 0 Å². The summed E-state index contributed by atoms with van der Waals surface area (Å²) in [6, 6.07) is 0. The van der Waals surface area contributed by atoms with Crippen molar-refractivity contribution in [3.8, 4) is 0 Å². The minimum Gasteiger partial charge on any atom is -0.383 e. The Morgan fingerprint density at radius 3 is 2.53 bits per heavy atom. The molecular weight excluding hydrogens is 246 g/mol. The van der Waals surface area contributed by atoms with Crippen molar-refractivity contribution in [3.63, 3.8) is 0 Å². The van der Waals surface area contributed by atoms with Gasteiger partial charge in [0.1, 0.15) is 0 Å². The first-order valence-electron chi connectivity index (χ1n) is 6.60. The van der Waals surface area contributed by atoms with E-state index >= 15 is 0 Å². The van der Waals surface area contributed by atoms with Gasteiger partial charge in [0.05, 0.1) is 18.6 Å². The molecule has 1 aliphatic rings. The number of amides is 2. The van der Waals surface area contributed by atoms with Crippen molar-refractivity contribution in [2.45, 2.75) is 13.3 Å². The normalized spacial score (nSPS) is 22.3. The average Bonchev–Trinajstić information content (AvgIpc) is 2.81. The van der Waals surface area contributed by atoms with Gasteiger partial charge in [-0.1, -0.05) is 0 Å². The number of hydrogen-bond acceptors (Lipinski definition) is 4. The highest BCUT2D eigenvalue weighted by molar-refractivity contribution is 5.88. The van der Waals surface area contributed by atoms with E-state index in [-0.39, 0.29) is 18.4 Å². The maximum Gasteiger partial charge on any atom is 0.241 e. The number of nitrogens with zero attached hydrogens (tertiary/aromatic N) is 2. The van der Waals surface area contributed by atoms with E-state index in [2.05, 4.69) is 5.32 Å². The van der Waals surface area contributed by atoms with Crippen LogP contribution in [-0.4, -0.2) is 75.6 Å². The van der Waals surface area contributed by atoms with Crippen molar-refractivity contribution in [1.82, 2.24) is 15.1 Å². The number of carbonyl (C=O) groups excluding carboxylic acids is 2. The molecule has 6 nitrogen and oxygen atoms in total. The third-order valence-corrected chi connectivity index (χ3v) is 3.56. The van der Waals surface area contributed by atoms with E-state index in [0.29, 0.717) is 19.7 Å². The molecule has 110 valence electrons. The molecule has 0 aromatic carbocycles. The van der Waals surface area contributed by atoms with E-state index in [9.17, 15) is 9.59 Å². The maximum absolute atomic E-state index is 12.6.